The number of ether oxygens (including phenoxy) is 3. The number of methoxy groups -OCH3 is 1. The molecule has 1 aliphatic carbocycles. The molecule has 2 aliphatic heterocycles. The van der Waals surface area contributed by atoms with Gasteiger partial charge in [-0.3, -0.25) is 9.59 Å². The lowest BCUT2D eigenvalue weighted by atomic mass is 9.77. The number of carbonyl (C=O) groups excluding carboxylic acids is 2. The Bertz CT molecular complexity index is 908. The molecule has 0 radical (unpaired) electrons. The Labute approximate surface area is 189 Å². The topological polar surface area (TPSA) is 85.3 Å². The SMILES string of the molecule is COc1cc(C2C3=C(OC4CCCCC4C3=O)C(=O)N2CCO)ccc1OCCC(C)C. The summed E-state index contributed by atoms with van der Waals surface area (Å²) in [6.07, 6.45) is 4.28. The Morgan fingerprint density at radius 3 is 2.69 bits per heavy atom. The number of amides is 1. The summed E-state index contributed by atoms with van der Waals surface area (Å²) in [5.41, 5.74) is 1.16. The Morgan fingerprint density at radius 1 is 1.19 bits per heavy atom. The molecule has 0 saturated heterocycles. The molecule has 2 heterocycles. The van der Waals surface area contributed by atoms with Crippen LogP contribution in [0.2, 0.25) is 0 Å². The number of aliphatic hydroxyl groups is 1. The van der Waals surface area contributed by atoms with E-state index in [2.05, 4.69) is 13.8 Å². The molecule has 3 atom stereocenters. The first-order chi connectivity index (χ1) is 15.5. The zero-order valence-electron chi connectivity index (χ0n) is 19.1. The summed E-state index contributed by atoms with van der Waals surface area (Å²) in [7, 11) is 1.58. The number of benzene rings is 1. The summed E-state index contributed by atoms with van der Waals surface area (Å²) in [5.74, 6) is 1.35. The number of fused-ring (bicyclic) bond motifs is 1. The number of rotatable bonds is 8. The highest BCUT2D eigenvalue weighted by molar-refractivity contribution is 6.11. The highest BCUT2D eigenvalue weighted by Crippen LogP contribution is 2.47. The van der Waals surface area contributed by atoms with Crippen molar-refractivity contribution in [1.82, 2.24) is 4.90 Å². The fourth-order valence-corrected chi connectivity index (χ4v) is 4.96. The quantitative estimate of drug-likeness (QED) is 0.663. The summed E-state index contributed by atoms with van der Waals surface area (Å²) in [4.78, 5) is 28.2. The van der Waals surface area contributed by atoms with Crippen LogP contribution in [-0.2, 0) is 14.3 Å². The van der Waals surface area contributed by atoms with E-state index in [1.807, 2.05) is 18.2 Å². The highest BCUT2D eigenvalue weighted by atomic mass is 16.5. The van der Waals surface area contributed by atoms with E-state index in [9.17, 15) is 14.7 Å². The van der Waals surface area contributed by atoms with Crippen molar-refractivity contribution in [2.75, 3.05) is 26.9 Å². The van der Waals surface area contributed by atoms with E-state index >= 15 is 0 Å². The number of nitrogens with zero attached hydrogens (tertiary/aromatic N) is 1. The molecule has 1 saturated carbocycles. The molecule has 7 nitrogen and oxygen atoms in total. The summed E-state index contributed by atoms with van der Waals surface area (Å²) in [6, 6.07) is 4.92. The van der Waals surface area contributed by atoms with Crippen LogP contribution in [0, 0.1) is 11.8 Å². The van der Waals surface area contributed by atoms with Crippen molar-refractivity contribution in [3.63, 3.8) is 0 Å². The van der Waals surface area contributed by atoms with Crippen molar-refractivity contribution in [3.05, 3.63) is 35.1 Å². The lowest BCUT2D eigenvalue weighted by molar-refractivity contribution is -0.135. The van der Waals surface area contributed by atoms with Crippen LogP contribution in [0.25, 0.3) is 0 Å². The van der Waals surface area contributed by atoms with E-state index < -0.39 is 6.04 Å². The lowest BCUT2D eigenvalue weighted by Gasteiger charge is -2.35. The van der Waals surface area contributed by atoms with Gasteiger partial charge in [0.15, 0.2) is 23.0 Å². The maximum Gasteiger partial charge on any atom is 0.290 e. The van der Waals surface area contributed by atoms with Crippen LogP contribution in [-0.4, -0.2) is 54.7 Å². The van der Waals surface area contributed by atoms with Gasteiger partial charge in [-0.2, -0.15) is 0 Å². The lowest BCUT2D eigenvalue weighted by Crippen LogP contribution is -2.39. The molecule has 1 N–H and O–H groups in total. The second-order valence-corrected chi connectivity index (χ2v) is 9.22. The predicted molar refractivity (Wildman–Crippen MR) is 118 cm³/mol. The monoisotopic (exact) mass is 443 g/mol. The number of carbonyl (C=O) groups is 2. The number of aliphatic hydroxyl groups excluding tert-OH is 1. The maximum atomic E-state index is 13.5. The molecular formula is C25H33NO6. The third-order valence-corrected chi connectivity index (χ3v) is 6.66. The summed E-state index contributed by atoms with van der Waals surface area (Å²) < 4.78 is 17.6. The van der Waals surface area contributed by atoms with Crippen molar-refractivity contribution in [2.24, 2.45) is 11.8 Å². The average molecular weight is 444 g/mol. The Morgan fingerprint density at radius 2 is 1.97 bits per heavy atom. The van der Waals surface area contributed by atoms with Crippen LogP contribution in [0.15, 0.2) is 29.5 Å². The molecule has 174 valence electrons. The number of β-amino-alcohol motifs (C(OH)–C–C–N with tert-alkyl or cyclic N) is 1. The Hall–Kier alpha value is -2.54. The number of hydrogen-bond acceptors (Lipinski definition) is 6. The standard InChI is InChI=1S/C25H33NO6/c1-15(2)10-13-31-19-9-8-16(14-20(19)30-3)22-21-23(28)17-6-4-5-7-18(17)32-24(21)25(29)26(22)11-12-27/h8-9,14-15,17-18,22,27H,4-7,10-13H2,1-3H3. The Balaban J connectivity index is 1.69. The van der Waals surface area contributed by atoms with Crippen LogP contribution in [0.1, 0.15) is 57.6 Å². The first-order valence-corrected chi connectivity index (χ1v) is 11.6. The van der Waals surface area contributed by atoms with Gasteiger partial charge in [0, 0.05) is 6.54 Å². The molecule has 0 aromatic heterocycles. The summed E-state index contributed by atoms with van der Waals surface area (Å²) in [5, 5.41) is 9.62. The van der Waals surface area contributed by atoms with Gasteiger partial charge in [-0.25, -0.2) is 0 Å². The fraction of sp³-hybridized carbons (Fsp3) is 0.600. The summed E-state index contributed by atoms with van der Waals surface area (Å²) >= 11 is 0. The van der Waals surface area contributed by atoms with E-state index in [0.717, 1.165) is 37.7 Å². The third kappa shape index (κ3) is 4.10. The van der Waals surface area contributed by atoms with Crippen molar-refractivity contribution in [1.29, 1.82) is 0 Å². The molecule has 1 amide bonds. The molecule has 3 unspecified atom stereocenters. The second kappa shape index (κ2) is 9.53. The molecule has 7 heteroatoms. The van der Waals surface area contributed by atoms with Gasteiger partial charge >= 0.3 is 0 Å². The second-order valence-electron chi connectivity index (χ2n) is 9.22. The zero-order valence-corrected chi connectivity index (χ0v) is 19.1. The molecule has 1 aromatic rings. The van der Waals surface area contributed by atoms with Crippen LogP contribution in [0.3, 0.4) is 0 Å². The van der Waals surface area contributed by atoms with Gasteiger partial charge in [-0.1, -0.05) is 26.3 Å². The van der Waals surface area contributed by atoms with Crippen molar-refractivity contribution in [2.45, 2.75) is 58.1 Å². The van der Waals surface area contributed by atoms with Gasteiger partial charge in [0.05, 0.1) is 37.9 Å². The van der Waals surface area contributed by atoms with Gasteiger partial charge in [-0.05, 0) is 49.3 Å². The minimum Gasteiger partial charge on any atom is -0.493 e. The fourth-order valence-electron chi connectivity index (χ4n) is 4.96. The molecular weight excluding hydrogens is 410 g/mol. The molecule has 1 fully saturated rings. The van der Waals surface area contributed by atoms with Gasteiger partial charge in [-0.15, -0.1) is 0 Å². The minimum absolute atomic E-state index is 0.00552. The zero-order chi connectivity index (χ0) is 22.8. The smallest absolute Gasteiger partial charge is 0.290 e. The van der Waals surface area contributed by atoms with Crippen LogP contribution in [0.4, 0.5) is 0 Å². The molecule has 3 aliphatic rings. The van der Waals surface area contributed by atoms with E-state index in [1.54, 1.807) is 7.11 Å². The largest absolute Gasteiger partial charge is 0.493 e. The summed E-state index contributed by atoms with van der Waals surface area (Å²) in [6.45, 7) is 4.79. The third-order valence-electron chi connectivity index (χ3n) is 6.66. The van der Waals surface area contributed by atoms with E-state index in [-0.39, 0.29) is 42.6 Å². The van der Waals surface area contributed by atoms with Crippen LogP contribution >= 0.6 is 0 Å². The number of ketones is 1. The van der Waals surface area contributed by atoms with Crippen molar-refractivity contribution in [3.8, 4) is 11.5 Å². The highest BCUT2D eigenvalue weighted by Gasteiger charge is 2.51. The van der Waals surface area contributed by atoms with E-state index in [1.165, 1.54) is 4.90 Å². The van der Waals surface area contributed by atoms with Gasteiger partial charge < -0.3 is 24.2 Å². The first kappa shape index (κ1) is 22.6. The van der Waals surface area contributed by atoms with Crippen LogP contribution < -0.4 is 9.47 Å². The Kier molecular flexibility index (Phi) is 6.74. The van der Waals surface area contributed by atoms with E-state index in [4.69, 9.17) is 14.2 Å². The molecule has 0 spiro atoms. The average Bonchev–Trinajstić information content (AvgIpc) is 3.06. The predicted octanol–water partition coefficient (Wildman–Crippen LogP) is 3.41. The van der Waals surface area contributed by atoms with Gasteiger partial charge in [0.25, 0.3) is 5.91 Å². The van der Waals surface area contributed by atoms with Crippen molar-refractivity contribution >= 4 is 11.7 Å². The van der Waals surface area contributed by atoms with Crippen LogP contribution in [0.5, 0.6) is 11.5 Å². The van der Waals surface area contributed by atoms with Crippen molar-refractivity contribution < 1.29 is 28.9 Å². The normalized spacial score (nSPS) is 25.0. The molecule has 4 rings (SSSR count). The number of hydrogen-bond donors (Lipinski definition) is 1. The van der Waals surface area contributed by atoms with Gasteiger partial charge in [0.1, 0.15) is 6.10 Å². The maximum absolute atomic E-state index is 13.5. The molecule has 32 heavy (non-hydrogen) atoms. The molecule has 1 aromatic carbocycles. The van der Waals surface area contributed by atoms with E-state index in [0.29, 0.717) is 29.6 Å². The first-order valence-electron chi connectivity index (χ1n) is 11.6. The number of Topliss-reactive ketones (excluding diaryl/α,β-unsaturated/α-hetero) is 1. The molecule has 0 bridgehead atoms. The minimum atomic E-state index is -0.598. The van der Waals surface area contributed by atoms with Gasteiger partial charge in [0.2, 0.25) is 0 Å².